The van der Waals surface area contributed by atoms with Gasteiger partial charge in [-0.05, 0) is 59.7 Å². The molecule has 3 aromatic rings. The van der Waals surface area contributed by atoms with Crippen LogP contribution in [0.4, 0.5) is 0 Å². The zero-order valence-corrected chi connectivity index (χ0v) is 23.3. The molecule has 0 bridgehead atoms. The van der Waals surface area contributed by atoms with Crippen LogP contribution in [0.5, 0.6) is 11.5 Å². The molecule has 0 saturated heterocycles. The average molecular weight is 529 g/mol. The fraction of sp³-hybridized carbons (Fsp3) is 0.394. The summed E-state index contributed by atoms with van der Waals surface area (Å²) in [4.78, 5) is 29.2. The van der Waals surface area contributed by atoms with Gasteiger partial charge in [0.2, 0.25) is 5.91 Å². The van der Waals surface area contributed by atoms with Crippen LogP contribution in [0.15, 0.2) is 78.9 Å². The lowest BCUT2D eigenvalue weighted by atomic mass is 10.0. The summed E-state index contributed by atoms with van der Waals surface area (Å²) >= 11 is 0. The van der Waals surface area contributed by atoms with E-state index >= 15 is 0 Å². The third kappa shape index (κ3) is 8.09. The number of rotatable bonds is 12. The highest BCUT2D eigenvalue weighted by atomic mass is 16.5. The van der Waals surface area contributed by atoms with E-state index in [0.29, 0.717) is 23.8 Å². The number of nitrogens with zero attached hydrogens (tertiary/aromatic N) is 1. The van der Waals surface area contributed by atoms with E-state index in [1.807, 2.05) is 78.9 Å². The number of ether oxygens (including phenoxy) is 2. The van der Waals surface area contributed by atoms with Crippen LogP contribution in [-0.4, -0.2) is 42.5 Å². The van der Waals surface area contributed by atoms with Crippen LogP contribution in [0.25, 0.3) is 0 Å². The van der Waals surface area contributed by atoms with Crippen molar-refractivity contribution in [2.24, 2.45) is 0 Å². The zero-order chi connectivity index (χ0) is 27.6. The van der Waals surface area contributed by atoms with Gasteiger partial charge in [0.05, 0.1) is 7.11 Å². The molecule has 1 aliphatic rings. The van der Waals surface area contributed by atoms with Crippen molar-refractivity contribution in [3.05, 3.63) is 95.6 Å². The molecule has 2 amide bonds. The van der Waals surface area contributed by atoms with Crippen molar-refractivity contribution in [1.82, 2.24) is 10.2 Å². The molecule has 0 radical (unpaired) electrons. The monoisotopic (exact) mass is 528 g/mol. The zero-order valence-electron chi connectivity index (χ0n) is 23.3. The highest BCUT2D eigenvalue weighted by Gasteiger charge is 2.32. The van der Waals surface area contributed by atoms with Gasteiger partial charge in [0.25, 0.3) is 5.91 Å². The molecule has 4 rings (SSSR count). The van der Waals surface area contributed by atoms with E-state index in [-0.39, 0.29) is 31.0 Å². The van der Waals surface area contributed by atoms with Gasteiger partial charge in [-0.1, -0.05) is 81.3 Å². The molecule has 1 atom stereocenters. The molecule has 1 unspecified atom stereocenters. The molecule has 6 nitrogen and oxygen atoms in total. The summed E-state index contributed by atoms with van der Waals surface area (Å²) in [6, 6.07) is 24.8. The number of benzene rings is 3. The molecular weight excluding hydrogens is 488 g/mol. The Bertz CT molecular complexity index is 1200. The number of hydrogen-bond donors (Lipinski definition) is 1. The molecule has 3 aromatic carbocycles. The van der Waals surface area contributed by atoms with E-state index in [1.165, 1.54) is 5.56 Å². The maximum Gasteiger partial charge on any atom is 0.261 e. The highest BCUT2D eigenvalue weighted by molar-refractivity contribution is 5.88. The van der Waals surface area contributed by atoms with E-state index in [4.69, 9.17) is 9.47 Å². The minimum Gasteiger partial charge on any atom is -0.497 e. The molecule has 6 heteroatoms. The Morgan fingerprint density at radius 2 is 1.59 bits per heavy atom. The van der Waals surface area contributed by atoms with Gasteiger partial charge in [-0.15, -0.1) is 0 Å². The average Bonchev–Trinajstić information content (AvgIpc) is 3.47. The van der Waals surface area contributed by atoms with Crippen LogP contribution < -0.4 is 14.8 Å². The van der Waals surface area contributed by atoms with Crippen LogP contribution in [0, 0.1) is 0 Å². The van der Waals surface area contributed by atoms with Crippen molar-refractivity contribution in [1.29, 1.82) is 0 Å². The fourth-order valence-electron chi connectivity index (χ4n) is 5.07. The molecule has 1 aliphatic carbocycles. The Balaban J connectivity index is 1.60. The predicted octanol–water partition coefficient (Wildman–Crippen LogP) is 5.90. The number of amides is 2. The molecule has 1 fully saturated rings. The second-order valence-electron chi connectivity index (χ2n) is 10.6. The second kappa shape index (κ2) is 13.8. The Hall–Kier alpha value is -3.80. The summed E-state index contributed by atoms with van der Waals surface area (Å²) in [5.74, 6) is 1.38. The molecule has 1 saturated carbocycles. The Labute approximate surface area is 232 Å². The van der Waals surface area contributed by atoms with Crippen molar-refractivity contribution < 1.29 is 19.1 Å². The maximum absolute atomic E-state index is 13.8. The van der Waals surface area contributed by atoms with Gasteiger partial charge in [-0.3, -0.25) is 9.59 Å². The van der Waals surface area contributed by atoms with Gasteiger partial charge in [0.15, 0.2) is 6.61 Å². The topological polar surface area (TPSA) is 67.9 Å². The van der Waals surface area contributed by atoms with Gasteiger partial charge >= 0.3 is 0 Å². The van der Waals surface area contributed by atoms with Crippen molar-refractivity contribution in [2.75, 3.05) is 13.7 Å². The van der Waals surface area contributed by atoms with Crippen LogP contribution in [-0.2, 0) is 22.6 Å². The standard InChI is InChI=1S/C33H40N2O4/c1-24(2)27-16-18-29(19-17-27)39-23-32(36)35(22-26-12-9-15-30(20-26)38-3)31(21-25-10-5-4-6-11-25)33(37)34-28-13-7-8-14-28/h4-6,9-12,15-20,24,28,31H,7-8,13-14,21-23H2,1-3H3,(H,34,37). The van der Waals surface area contributed by atoms with Gasteiger partial charge in [0.1, 0.15) is 17.5 Å². The number of nitrogens with one attached hydrogen (secondary N) is 1. The Morgan fingerprint density at radius 1 is 0.897 bits per heavy atom. The van der Waals surface area contributed by atoms with Crippen LogP contribution in [0.1, 0.15) is 62.1 Å². The molecule has 39 heavy (non-hydrogen) atoms. The molecule has 206 valence electrons. The van der Waals surface area contributed by atoms with Crippen LogP contribution >= 0.6 is 0 Å². The quantitative estimate of drug-likeness (QED) is 0.318. The summed E-state index contributed by atoms with van der Waals surface area (Å²) in [6.07, 6.45) is 4.60. The molecule has 0 aromatic heterocycles. The van der Waals surface area contributed by atoms with E-state index in [1.54, 1.807) is 12.0 Å². The minimum atomic E-state index is -0.682. The van der Waals surface area contributed by atoms with E-state index in [9.17, 15) is 9.59 Å². The first kappa shape index (κ1) is 28.2. The first-order valence-electron chi connectivity index (χ1n) is 13.9. The summed E-state index contributed by atoms with van der Waals surface area (Å²) < 4.78 is 11.3. The summed E-state index contributed by atoms with van der Waals surface area (Å²) in [5, 5.41) is 3.24. The Kier molecular flexibility index (Phi) is 10.0. The second-order valence-corrected chi connectivity index (χ2v) is 10.6. The largest absolute Gasteiger partial charge is 0.497 e. The normalized spacial score (nSPS) is 14.2. The number of carbonyl (C=O) groups is 2. The van der Waals surface area contributed by atoms with E-state index in [2.05, 4.69) is 19.2 Å². The fourth-order valence-corrected chi connectivity index (χ4v) is 5.07. The lowest BCUT2D eigenvalue weighted by molar-refractivity contribution is -0.143. The van der Waals surface area contributed by atoms with Crippen molar-refractivity contribution in [3.8, 4) is 11.5 Å². The molecule has 0 spiro atoms. The molecule has 1 N–H and O–H groups in total. The number of methoxy groups -OCH3 is 1. The summed E-state index contributed by atoms with van der Waals surface area (Å²) in [7, 11) is 1.62. The van der Waals surface area contributed by atoms with Gasteiger partial charge in [0, 0.05) is 19.0 Å². The molecule has 0 aliphatic heterocycles. The maximum atomic E-state index is 13.8. The van der Waals surface area contributed by atoms with E-state index in [0.717, 1.165) is 36.8 Å². The molecular formula is C33H40N2O4. The summed E-state index contributed by atoms with van der Waals surface area (Å²) in [5.41, 5.74) is 3.09. The van der Waals surface area contributed by atoms with Crippen LogP contribution in [0.2, 0.25) is 0 Å². The van der Waals surface area contributed by atoms with Gasteiger partial charge in [-0.2, -0.15) is 0 Å². The lowest BCUT2D eigenvalue weighted by Gasteiger charge is -2.32. The first-order chi connectivity index (χ1) is 18.9. The highest BCUT2D eigenvalue weighted by Crippen LogP contribution is 2.22. The first-order valence-corrected chi connectivity index (χ1v) is 13.9. The predicted molar refractivity (Wildman–Crippen MR) is 154 cm³/mol. The van der Waals surface area contributed by atoms with Crippen molar-refractivity contribution >= 4 is 11.8 Å². The SMILES string of the molecule is COc1cccc(CN(C(=O)COc2ccc(C(C)C)cc2)C(Cc2ccccc2)C(=O)NC2CCCC2)c1. The third-order valence-electron chi connectivity index (χ3n) is 7.37. The lowest BCUT2D eigenvalue weighted by Crippen LogP contribution is -2.53. The molecule has 0 heterocycles. The summed E-state index contributed by atoms with van der Waals surface area (Å²) in [6.45, 7) is 4.38. The van der Waals surface area contributed by atoms with Gasteiger partial charge in [-0.25, -0.2) is 0 Å². The van der Waals surface area contributed by atoms with Gasteiger partial charge < -0.3 is 19.7 Å². The minimum absolute atomic E-state index is 0.122. The third-order valence-corrected chi connectivity index (χ3v) is 7.37. The number of carbonyl (C=O) groups excluding carboxylic acids is 2. The van der Waals surface area contributed by atoms with Crippen molar-refractivity contribution in [3.63, 3.8) is 0 Å². The van der Waals surface area contributed by atoms with E-state index < -0.39 is 6.04 Å². The van der Waals surface area contributed by atoms with Crippen molar-refractivity contribution in [2.45, 2.75) is 70.5 Å². The van der Waals surface area contributed by atoms with Crippen LogP contribution in [0.3, 0.4) is 0 Å². The smallest absolute Gasteiger partial charge is 0.261 e. The number of hydrogen-bond acceptors (Lipinski definition) is 4. The Morgan fingerprint density at radius 3 is 2.26 bits per heavy atom.